The summed E-state index contributed by atoms with van der Waals surface area (Å²) in [6, 6.07) is 4.36. The van der Waals surface area contributed by atoms with Crippen LogP contribution in [0.2, 0.25) is 0 Å². The van der Waals surface area contributed by atoms with E-state index in [1.54, 1.807) is 17.5 Å². The van der Waals surface area contributed by atoms with E-state index in [2.05, 4.69) is 0 Å². The number of carboxylic acid groups (broad SMARTS) is 1. The van der Waals surface area contributed by atoms with Crippen LogP contribution in [0, 0.1) is 5.82 Å². The first-order chi connectivity index (χ1) is 7.59. The highest BCUT2D eigenvalue weighted by atomic mass is 32.2. The Labute approximate surface area is 98.0 Å². The summed E-state index contributed by atoms with van der Waals surface area (Å²) < 4.78 is 13.6. The topological polar surface area (TPSA) is 37.3 Å². The standard InChI is InChI=1S/C11H8BFO2S/c12-6-1-2-7(10(13)3-6)8-4-16-5-9(8)11(14)15/h1-3,5,8H,4H2,(H,14,15). The van der Waals surface area contributed by atoms with Gasteiger partial charge in [-0.1, -0.05) is 17.6 Å². The van der Waals surface area contributed by atoms with E-state index < -0.39 is 11.8 Å². The zero-order valence-corrected chi connectivity index (χ0v) is 9.13. The monoisotopic (exact) mass is 234 g/mol. The molecular weight excluding hydrogens is 226 g/mol. The highest BCUT2D eigenvalue weighted by Gasteiger charge is 2.28. The first kappa shape index (κ1) is 11.3. The van der Waals surface area contributed by atoms with Crippen LogP contribution in [0.4, 0.5) is 4.39 Å². The molecule has 1 aromatic carbocycles. The molecule has 0 saturated heterocycles. The van der Waals surface area contributed by atoms with Gasteiger partial charge in [0.05, 0.1) is 5.57 Å². The summed E-state index contributed by atoms with van der Waals surface area (Å²) in [5.74, 6) is -1.27. The third-order valence-electron chi connectivity index (χ3n) is 2.50. The summed E-state index contributed by atoms with van der Waals surface area (Å²) in [6.45, 7) is 0. The first-order valence-corrected chi connectivity index (χ1v) is 5.74. The smallest absolute Gasteiger partial charge is 0.332 e. The zero-order chi connectivity index (χ0) is 11.7. The van der Waals surface area contributed by atoms with Crippen LogP contribution in [-0.4, -0.2) is 24.7 Å². The lowest BCUT2D eigenvalue weighted by Crippen LogP contribution is -2.13. The number of benzene rings is 1. The Hall–Kier alpha value is -1.23. The number of carboxylic acids is 1. The molecule has 1 N–H and O–H groups in total. The van der Waals surface area contributed by atoms with Gasteiger partial charge in [-0.15, -0.1) is 11.8 Å². The number of hydrogen-bond acceptors (Lipinski definition) is 2. The van der Waals surface area contributed by atoms with Crippen molar-refractivity contribution < 1.29 is 14.3 Å². The predicted octanol–water partition coefficient (Wildman–Crippen LogP) is 1.42. The molecule has 1 aromatic rings. The maximum absolute atomic E-state index is 13.6. The van der Waals surface area contributed by atoms with Gasteiger partial charge in [-0.25, -0.2) is 9.18 Å². The minimum Gasteiger partial charge on any atom is -0.478 e. The molecule has 1 unspecified atom stereocenters. The molecule has 1 aliphatic heterocycles. The number of halogens is 1. The average Bonchev–Trinajstić information content (AvgIpc) is 2.66. The molecule has 2 rings (SSSR count). The number of aliphatic carboxylic acids is 1. The van der Waals surface area contributed by atoms with Crippen molar-refractivity contribution in [1.29, 1.82) is 0 Å². The minimum absolute atomic E-state index is 0.244. The van der Waals surface area contributed by atoms with Crippen molar-refractivity contribution >= 4 is 31.0 Å². The molecule has 0 bridgehead atoms. The summed E-state index contributed by atoms with van der Waals surface area (Å²) in [7, 11) is 5.44. The summed E-state index contributed by atoms with van der Waals surface area (Å²) in [4.78, 5) is 10.9. The third-order valence-corrected chi connectivity index (χ3v) is 3.44. The van der Waals surface area contributed by atoms with E-state index in [4.69, 9.17) is 13.0 Å². The lowest BCUT2D eigenvalue weighted by atomic mass is 9.89. The molecule has 0 amide bonds. The molecule has 0 aromatic heterocycles. The van der Waals surface area contributed by atoms with Crippen molar-refractivity contribution in [3.05, 3.63) is 40.6 Å². The minimum atomic E-state index is -0.994. The number of hydrogen-bond donors (Lipinski definition) is 1. The molecule has 80 valence electrons. The SMILES string of the molecule is [B]c1ccc(C2CSC=C2C(=O)O)c(F)c1. The van der Waals surface area contributed by atoms with Gasteiger partial charge >= 0.3 is 5.97 Å². The Bertz CT molecular complexity index is 473. The molecule has 0 fully saturated rings. The van der Waals surface area contributed by atoms with Crippen molar-refractivity contribution in [2.75, 3.05) is 5.75 Å². The average molecular weight is 234 g/mol. The highest BCUT2D eigenvalue weighted by Crippen LogP contribution is 2.37. The van der Waals surface area contributed by atoms with E-state index in [0.717, 1.165) is 0 Å². The van der Waals surface area contributed by atoms with Crippen LogP contribution in [0.25, 0.3) is 0 Å². The fourth-order valence-electron chi connectivity index (χ4n) is 1.69. The normalized spacial score (nSPS) is 19.6. The van der Waals surface area contributed by atoms with Gasteiger partial charge in [0.2, 0.25) is 0 Å². The van der Waals surface area contributed by atoms with Crippen molar-refractivity contribution in [2.24, 2.45) is 0 Å². The van der Waals surface area contributed by atoms with Crippen molar-refractivity contribution in [2.45, 2.75) is 5.92 Å². The Morgan fingerprint density at radius 1 is 1.56 bits per heavy atom. The summed E-state index contributed by atoms with van der Waals surface area (Å²) in [5, 5.41) is 10.5. The molecule has 0 saturated carbocycles. The van der Waals surface area contributed by atoms with Gasteiger partial charge < -0.3 is 5.11 Å². The second-order valence-corrected chi connectivity index (χ2v) is 4.45. The number of carbonyl (C=O) groups is 1. The fraction of sp³-hybridized carbons (Fsp3) is 0.182. The lowest BCUT2D eigenvalue weighted by Gasteiger charge is -2.13. The highest BCUT2D eigenvalue weighted by molar-refractivity contribution is 8.02. The Morgan fingerprint density at radius 3 is 2.94 bits per heavy atom. The summed E-state index contributed by atoms with van der Waals surface area (Å²) in [6.07, 6.45) is 0. The van der Waals surface area contributed by atoms with Crippen LogP contribution in [0.15, 0.2) is 29.2 Å². The van der Waals surface area contributed by atoms with Gasteiger partial charge in [0.25, 0.3) is 0 Å². The van der Waals surface area contributed by atoms with E-state index in [9.17, 15) is 9.18 Å². The quantitative estimate of drug-likeness (QED) is 0.786. The van der Waals surface area contributed by atoms with Crippen LogP contribution in [0.5, 0.6) is 0 Å². The van der Waals surface area contributed by atoms with Gasteiger partial charge in [-0.2, -0.15) is 0 Å². The van der Waals surface area contributed by atoms with Gasteiger partial charge in [0.1, 0.15) is 13.7 Å². The van der Waals surface area contributed by atoms with Crippen LogP contribution in [0.3, 0.4) is 0 Å². The number of thioether (sulfide) groups is 1. The Morgan fingerprint density at radius 2 is 2.31 bits per heavy atom. The van der Waals surface area contributed by atoms with Crippen molar-refractivity contribution in [3.8, 4) is 0 Å². The molecule has 1 aliphatic rings. The predicted molar refractivity (Wildman–Crippen MR) is 62.7 cm³/mol. The molecular formula is C11H8BFO2S. The van der Waals surface area contributed by atoms with E-state index in [-0.39, 0.29) is 11.5 Å². The Kier molecular flexibility index (Phi) is 3.05. The molecule has 1 heterocycles. The summed E-state index contributed by atoms with van der Waals surface area (Å²) >= 11 is 1.39. The van der Waals surface area contributed by atoms with Crippen LogP contribution < -0.4 is 5.46 Å². The second kappa shape index (κ2) is 4.33. The van der Waals surface area contributed by atoms with E-state index >= 15 is 0 Å². The van der Waals surface area contributed by atoms with Crippen LogP contribution in [-0.2, 0) is 4.79 Å². The van der Waals surface area contributed by atoms with Gasteiger partial charge in [-0.05, 0) is 17.0 Å². The van der Waals surface area contributed by atoms with E-state index in [0.29, 0.717) is 16.8 Å². The zero-order valence-electron chi connectivity index (χ0n) is 8.31. The second-order valence-electron chi connectivity index (χ2n) is 3.55. The fourth-order valence-corrected chi connectivity index (χ4v) is 2.78. The molecule has 0 aliphatic carbocycles. The van der Waals surface area contributed by atoms with Crippen LogP contribution >= 0.6 is 11.8 Å². The summed E-state index contributed by atoms with van der Waals surface area (Å²) in [5.41, 5.74) is 0.981. The maximum Gasteiger partial charge on any atom is 0.332 e. The largest absolute Gasteiger partial charge is 0.478 e. The third kappa shape index (κ3) is 2.00. The van der Waals surface area contributed by atoms with Crippen LogP contribution in [0.1, 0.15) is 11.5 Å². The van der Waals surface area contributed by atoms with Crippen molar-refractivity contribution in [1.82, 2.24) is 0 Å². The van der Waals surface area contributed by atoms with Gasteiger partial charge in [0, 0.05) is 11.7 Å². The van der Waals surface area contributed by atoms with Gasteiger partial charge in [-0.3, -0.25) is 0 Å². The molecule has 16 heavy (non-hydrogen) atoms. The lowest BCUT2D eigenvalue weighted by molar-refractivity contribution is -0.132. The molecule has 0 spiro atoms. The number of rotatable bonds is 2. The van der Waals surface area contributed by atoms with E-state index in [1.807, 2.05) is 0 Å². The van der Waals surface area contributed by atoms with Crippen molar-refractivity contribution in [3.63, 3.8) is 0 Å². The Balaban J connectivity index is 2.38. The molecule has 2 nitrogen and oxygen atoms in total. The molecule has 1 atom stereocenters. The van der Waals surface area contributed by atoms with E-state index in [1.165, 1.54) is 17.8 Å². The first-order valence-electron chi connectivity index (χ1n) is 4.69. The molecule has 2 radical (unpaired) electrons. The maximum atomic E-state index is 13.6. The molecule has 5 heteroatoms. The van der Waals surface area contributed by atoms with Gasteiger partial charge in [0.15, 0.2) is 0 Å².